The summed E-state index contributed by atoms with van der Waals surface area (Å²) in [4.78, 5) is 19.3. The molecule has 27 heavy (non-hydrogen) atoms. The van der Waals surface area contributed by atoms with E-state index in [1.54, 1.807) is 6.92 Å². The van der Waals surface area contributed by atoms with Crippen molar-refractivity contribution in [3.63, 3.8) is 0 Å². The lowest BCUT2D eigenvalue weighted by molar-refractivity contribution is -0.117. The molecular formula is C23H27N3O. The van der Waals surface area contributed by atoms with Crippen LogP contribution in [0.5, 0.6) is 0 Å². The van der Waals surface area contributed by atoms with Gasteiger partial charge in [-0.15, -0.1) is 0 Å². The number of fused-ring (bicyclic) bond motifs is 1. The second-order valence-corrected chi connectivity index (χ2v) is 8.51. The van der Waals surface area contributed by atoms with Gasteiger partial charge in [0, 0.05) is 30.8 Å². The predicted molar refractivity (Wildman–Crippen MR) is 108 cm³/mol. The van der Waals surface area contributed by atoms with Gasteiger partial charge in [-0.1, -0.05) is 31.2 Å². The van der Waals surface area contributed by atoms with Crippen molar-refractivity contribution >= 4 is 17.4 Å². The second-order valence-electron chi connectivity index (χ2n) is 8.51. The molecule has 1 amide bonds. The number of nitrogens with zero attached hydrogens (tertiary/aromatic N) is 2. The average Bonchev–Trinajstić information content (AvgIpc) is 3.56. The summed E-state index contributed by atoms with van der Waals surface area (Å²) in [6.45, 7) is 3.98. The zero-order chi connectivity index (χ0) is 18.5. The molecule has 0 saturated heterocycles. The summed E-state index contributed by atoms with van der Waals surface area (Å²) >= 11 is 0. The van der Waals surface area contributed by atoms with E-state index in [2.05, 4.69) is 52.5 Å². The molecule has 1 unspecified atom stereocenters. The van der Waals surface area contributed by atoms with Gasteiger partial charge < -0.3 is 10.2 Å². The number of carbonyl (C=O) groups is 1. The lowest BCUT2D eigenvalue weighted by atomic mass is 9.80. The number of hydrogen-bond acceptors (Lipinski definition) is 3. The zero-order valence-electron chi connectivity index (χ0n) is 16.1. The van der Waals surface area contributed by atoms with E-state index in [1.165, 1.54) is 36.8 Å². The van der Waals surface area contributed by atoms with Crippen LogP contribution in [0.2, 0.25) is 0 Å². The minimum atomic E-state index is 0.150. The minimum Gasteiger partial charge on any atom is -0.363 e. The van der Waals surface area contributed by atoms with Gasteiger partial charge in [0.25, 0.3) is 0 Å². The highest BCUT2D eigenvalue weighted by Gasteiger charge is 2.47. The van der Waals surface area contributed by atoms with Crippen LogP contribution in [0, 0.1) is 11.8 Å². The summed E-state index contributed by atoms with van der Waals surface area (Å²) < 4.78 is 0. The Morgan fingerprint density at radius 3 is 2.52 bits per heavy atom. The number of amides is 1. The molecule has 3 atom stereocenters. The Morgan fingerprint density at radius 1 is 1.11 bits per heavy atom. The third-order valence-corrected chi connectivity index (χ3v) is 6.48. The minimum absolute atomic E-state index is 0.150. The number of aromatic nitrogens is 1. The standard InChI is InChI=1S/C23H27N3O/c1-14-22(25-21-12-11-18(13-24-21)16-7-8-16)19-5-3-4-6-20(19)26(15(2)27)23(14)17-9-10-17/h3-6,11-14,16-17,22-23H,7-10H2,1-2H3,(H,24,25)/t14-,22?,23-/m1/s1. The first-order chi connectivity index (χ1) is 13.1. The van der Waals surface area contributed by atoms with E-state index in [0.29, 0.717) is 11.8 Å². The van der Waals surface area contributed by atoms with Gasteiger partial charge in [-0.3, -0.25) is 4.79 Å². The number of carbonyl (C=O) groups excluding carboxylic acids is 1. The van der Waals surface area contributed by atoms with Gasteiger partial charge in [-0.2, -0.15) is 0 Å². The van der Waals surface area contributed by atoms with Crippen LogP contribution in [-0.2, 0) is 4.79 Å². The smallest absolute Gasteiger partial charge is 0.224 e. The van der Waals surface area contributed by atoms with Crippen molar-refractivity contribution in [2.24, 2.45) is 11.8 Å². The number of rotatable bonds is 4. The number of benzene rings is 1. The lowest BCUT2D eigenvalue weighted by Gasteiger charge is -2.45. The van der Waals surface area contributed by atoms with E-state index in [-0.39, 0.29) is 18.0 Å². The van der Waals surface area contributed by atoms with Crippen LogP contribution in [0.3, 0.4) is 0 Å². The largest absolute Gasteiger partial charge is 0.363 e. The van der Waals surface area contributed by atoms with Gasteiger partial charge in [0.2, 0.25) is 5.91 Å². The Balaban J connectivity index is 1.50. The highest BCUT2D eigenvalue weighted by molar-refractivity contribution is 5.94. The van der Waals surface area contributed by atoms with Gasteiger partial charge in [0.1, 0.15) is 5.82 Å². The molecule has 2 aromatic rings. The van der Waals surface area contributed by atoms with Crippen LogP contribution in [0.4, 0.5) is 11.5 Å². The maximum atomic E-state index is 12.5. The van der Waals surface area contributed by atoms with E-state index < -0.39 is 0 Å². The molecule has 1 N–H and O–H groups in total. The quantitative estimate of drug-likeness (QED) is 0.843. The fourth-order valence-electron chi connectivity index (χ4n) is 4.82. The van der Waals surface area contributed by atoms with Crippen LogP contribution >= 0.6 is 0 Å². The van der Waals surface area contributed by atoms with Crippen molar-refractivity contribution in [1.82, 2.24) is 4.98 Å². The number of pyridine rings is 1. The van der Waals surface area contributed by atoms with Crippen molar-refractivity contribution in [2.75, 3.05) is 10.2 Å². The molecule has 2 aliphatic carbocycles. The fourth-order valence-corrected chi connectivity index (χ4v) is 4.82. The Bertz CT molecular complexity index is 854. The van der Waals surface area contributed by atoms with Gasteiger partial charge in [0.05, 0.1) is 6.04 Å². The maximum absolute atomic E-state index is 12.5. The normalized spacial score (nSPS) is 27.2. The summed E-state index contributed by atoms with van der Waals surface area (Å²) in [5, 5.41) is 3.70. The van der Waals surface area contributed by atoms with Gasteiger partial charge in [-0.05, 0) is 60.8 Å². The zero-order valence-corrected chi connectivity index (χ0v) is 16.1. The van der Waals surface area contributed by atoms with Crippen LogP contribution in [0.15, 0.2) is 42.6 Å². The monoisotopic (exact) mass is 361 g/mol. The molecule has 0 bridgehead atoms. The number of para-hydroxylation sites is 1. The van der Waals surface area contributed by atoms with Gasteiger partial charge >= 0.3 is 0 Å². The molecule has 2 saturated carbocycles. The molecule has 0 radical (unpaired) electrons. The number of anilines is 2. The summed E-state index contributed by atoms with van der Waals surface area (Å²) in [6.07, 6.45) is 7.07. The summed E-state index contributed by atoms with van der Waals surface area (Å²) in [7, 11) is 0. The first kappa shape index (κ1) is 16.8. The van der Waals surface area contributed by atoms with Crippen molar-refractivity contribution in [2.45, 2.75) is 57.5 Å². The highest BCUT2D eigenvalue weighted by atomic mass is 16.2. The molecule has 4 heteroatoms. The Morgan fingerprint density at radius 2 is 1.89 bits per heavy atom. The second kappa shape index (κ2) is 6.36. The molecule has 1 aromatic carbocycles. The SMILES string of the molecule is CC(=O)N1c2ccccc2C(Nc2ccc(C3CC3)cn2)[C@@H](C)[C@@H]1C1CC1. The highest BCUT2D eigenvalue weighted by Crippen LogP contribution is 2.49. The molecule has 0 spiro atoms. The van der Waals surface area contributed by atoms with E-state index >= 15 is 0 Å². The van der Waals surface area contributed by atoms with E-state index in [4.69, 9.17) is 0 Å². The van der Waals surface area contributed by atoms with Gasteiger partial charge in [0.15, 0.2) is 0 Å². The molecule has 2 heterocycles. The fraction of sp³-hybridized carbons (Fsp3) is 0.478. The van der Waals surface area contributed by atoms with Crippen molar-refractivity contribution < 1.29 is 4.79 Å². The molecule has 5 rings (SSSR count). The third-order valence-electron chi connectivity index (χ3n) is 6.48. The first-order valence-electron chi connectivity index (χ1n) is 10.2. The molecule has 3 aliphatic rings. The van der Waals surface area contributed by atoms with Crippen molar-refractivity contribution in [3.05, 3.63) is 53.7 Å². The molecule has 2 fully saturated rings. The summed E-state index contributed by atoms with van der Waals surface area (Å²) in [6, 6.07) is 13.1. The number of nitrogens with one attached hydrogen (secondary N) is 1. The van der Waals surface area contributed by atoms with Crippen molar-refractivity contribution in [3.8, 4) is 0 Å². The van der Waals surface area contributed by atoms with Crippen molar-refractivity contribution in [1.29, 1.82) is 0 Å². The van der Waals surface area contributed by atoms with E-state index in [1.807, 2.05) is 12.3 Å². The molecule has 1 aromatic heterocycles. The molecular weight excluding hydrogens is 334 g/mol. The Hall–Kier alpha value is -2.36. The lowest BCUT2D eigenvalue weighted by Crippen LogP contribution is -2.51. The predicted octanol–water partition coefficient (Wildman–Crippen LogP) is 4.89. The summed E-state index contributed by atoms with van der Waals surface area (Å²) in [5.41, 5.74) is 3.62. The maximum Gasteiger partial charge on any atom is 0.224 e. The first-order valence-corrected chi connectivity index (χ1v) is 10.2. The van der Waals surface area contributed by atoms with E-state index in [9.17, 15) is 4.79 Å². The average molecular weight is 361 g/mol. The van der Waals surface area contributed by atoms with Crippen LogP contribution < -0.4 is 10.2 Å². The molecule has 1 aliphatic heterocycles. The Kier molecular flexibility index (Phi) is 3.96. The van der Waals surface area contributed by atoms with E-state index in [0.717, 1.165) is 17.4 Å². The topological polar surface area (TPSA) is 45.2 Å². The van der Waals surface area contributed by atoms with Gasteiger partial charge in [-0.25, -0.2) is 4.98 Å². The molecule has 4 nitrogen and oxygen atoms in total. The Labute approximate surface area is 161 Å². The molecule has 140 valence electrons. The van der Waals surface area contributed by atoms with Crippen LogP contribution in [0.1, 0.15) is 62.6 Å². The third kappa shape index (κ3) is 3.01. The van der Waals surface area contributed by atoms with Crippen LogP contribution in [0.25, 0.3) is 0 Å². The number of hydrogen-bond donors (Lipinski definition) is 1. The van der Waals surface area contributed by atoms with Crippen LogP contribution in [-0.4, -0.2) is 16.9 Å². The summed E-state index contributed by atoms with van der Waals surface area (Å²) in [5.74, 6) is 2.76.